The van der Waals surface area contributed by atoms with Gasteiger partial charge in [0.1, 0.15) is 17.3 Å². The number of hydrogen-bond donors (Lipinski definition) is 1. The topological polar surface area (TPSA) is 80.9 Å². The zero-order valence-corrected chi connectivity index (χ0v) is 15.6. The quantitative estimate of drug-likeness (QED) is 0.738. The number of para-hydroxylation sites is 2. The van der Waals surface area contributed by atoms with Crippen LogP contribution in [0.5, 0.6) is 5.75 Å². The highest BCUT2D eigenvalue weighted by Crippen LogP contribution is 2.26. The summed E-state index contributed by atoms with van der Waals surface area (Å²) in [6, 6.07) is 18.5. The molecule has 0 radical (unpaired) electrons. The first-order chi connectivity index (χ1) is 13.6. The normalized spacial score (nSPS) is 13.1. The highest BCUT2D eigenvalue weighted by atomic mass is 16.6. The van der Waals surface area contributed by atoms with Crippen LogP contribution in [-0.4, -0.2) is 27.3 Å². The smallest absolute Gasteiger partial charge is 0.410 e. The first kappa shape index (κ1) is 17.7. The maximum Gasteiger partial charge on any atom is 0.418 e. The van der Waals surface area contributed by atoms with Gasteiger partial charge in [-0.25, -0.2) is 9.48 Å². The van der Waals surface area contributed by atoms with Crippen LogP contribution in [-0.2, 0) is 0 Å². The molecule has 2 heterocycles. The third-order valence-corrected chi connectivity index (χ3v) is 4.34. The molecule has 1 amide bonds. The number of amides is 1. The van der Waals surface area contributed by atoms with E-state index in [0.717, 1.165) is 22.7 Å². The van der Waals surface area contributed by atoms with Crippen molar-refractivity contribution in [3.8, 4) is 11.4 Å². The van der Waals surface area contributed by atoms with Crippen LogP contribution in [0.15, 0.2) is 70.9 Å². The predicted octanol–water partition coefficient (Wildman–Crippen LogP) is 4.36. The Labute approximate surface area is 162 Å². The van der Waals surface area contributed by atoms with Crippen molar-refractivity contribution in [3.05, 3.63) is 71.9 Å². The van der Waals surface area contributed by atoms with Crippen molar-refractivity contribution in [3.63, 3.8) is 0 Å². The Kier molecular flexibility index (Phi) is 4.72. The summed E-state index contributed by atoms with van der Waals surface area (Å²) in [7, 11) is 0. The lowest BCUT2D eigenvalue weighted by Gasteiger charge is -2.10. The summed E-state index contributed by atoms with van der Waals surface area (Å²) in [4.78, 5) is 12.5. The molecular weight excluding hydrogens is 354 g/mol. The van der Waals surface area contributed by atoms with E-state index in [9.17, 15) is 4.79 Å². The van der Waals surface area contributed by atoms with E-state index in [2.05, 4.69) is 15.5 Å². The number of nitrogens with one attached hydrogen (secondary N) is 1. The van der Waals surface area contributed by atoms with E-state index in [4.69, 9.17) is 9.84 Å². The van der Waals surface area contributed by atoms with Crippen LogP contribution in [0.4, 0.5) is 10.6 Å². The van der Waals surface area contributed by atoms with Crippen LogP contribution >= 0.6 is 0 Å². The van der Waals surface area contributed by atoms with Crippen molar-refractivity contribution in [2.75, 3.05) is 5.32 Å². The van der Waals surface area contributed by atoms with E-state index < -0.39 is 6.09 Å². The number of aromatic nitrogens is 2. The third-order valence-electron chi connectivity index (χ3n) is 4.34. The second-order valence-electron chi connectivity index (χ2n) is 6.46. The molecule has 0 atom stereocenters. The maximum absolute atomic E-state index is 12.5. The van der Waals surface area contributed by atoms with Gasteiger partial charge in [0.15, 0.2) is 0 Å². The van der Waals surface area contributed by atoms with Gasteiger partial charge in [-0.05, 0) is 38.1 Å². The van der Waals surface area contributed by atoms with Gasteiger partial charge in [0.25, 0.3) is 0 Å². The van der Waals surface area contributed by atoms with Crippen LogP contribution in [0, 0.1) is 6.92 Å². The number of rotatable bonds is 4. The number of hydrogen-bond acceptors (Lipinski definition) is 5. The molecule has 0 unspecified atom stereocenters. The van der Waals surface area contributed by atoms with Gasteiger partial charge in [0, 0.05) is 17.7 Å². The molecule has 0 saturated heterocycles. The molecule has 140 valence electrons. The number of carbonyl (C=O) groups is 1. The molecule has 7 heteroatoms. The maximum atomic E-state index is 12.5. The first-order valence-corrected chi connectivity index (χ1v) is 8.91. The van der Waals surface area contributed by atoms with Crippen molar-refractivity contribution >= 4 is 23.3 Å². The average molecular weight is 373 g/mol. The molecule has 1 aliphatic heterocycles. The lowest BCUT2D eigenvalue weighted by Crippen LogP contribution is -2.19. The lowest BCUT2D eigenvalue weighted by atomic mass is 10.1. The number of ether oxygens (including phenoxy) is 1. The van der Waals surface area contributed by atoms with E-state index in [-0.39, 0.29) is 0 Å². The van der Waals surface area contributed by atoms with E-state index in [0.29, 0.717) is 23.7 Å². The molecule has 4 rings (SSSR count). The Balaban J connectivity index is 1.68. The molecule has 3 aromatic rings. The highest BCUT2D eigenvalue weighted by Gasteiger charge is 2.23. The van der Waals surface area contributed by atoms with Crippen molar-refractivity contribution in [2.24, 2.45) is 10.2 Å². The Morgan fingerprint density at radius 1 is 1.00 bits per heavy atom. The second kappa shape index (κ2) is 7.48. The summed E-state index contributed by atoms with van der Waals surface area (Å²) < 4.78 is 7.06. The van der Waals surface area contributed by atoms with E-state index in [1.807, 2.05) is 50.2 Å². The molecule has 28 heavy (non-hydrogen) atoms. The molecular formula is C21H19N5O2. The van der Waals surface area contributed by atoms with Gasteiger partial charge in [-0.3, -0.25) is 5.32 Å². The monoisotopic (exact) mass is 373 g/mol. The number of nitrogens with zero attached hydrogens (tertiary/aromatic N) is 4. The second-order valence-corrected chi connectivity index (χ2v) is 6.46. The van der Waals surface area contributed by atoms with Crippen LogP contribution in [0.3, 0.4) is 0 Å². The molecule has 1 aromatic heterocycles. The van der Waals surface area contributed by atoms with Crippen molar-refractivity contribution in [1.29, 1.82) is 0 Å². The average Bonchev–Trinajstić information content (AvgIpc) is 3.27. The Hall–Kier alpha value is -3.74. The zero-order valence-electron chi connectivity index (χ0n) is 15.6. The summed E-state index contributed by atoms with van der Waals surface area (Å²) in [5.74, 6) is 1.00. The summed E-state index contributed by atoms with van der Waals surface area (Å²) >= 11 is 0. The molecule has 0 bridgehead atoms. The standard InChI is InChI=1S/C21H19N5O2/c1-14-13-18(24-23-14)19-15(2)20(26(25-19)16-9-5-3-6-10-16)22-21(27)28-17-11-7-4-8-12-17/h3-12H,13H2,1-2H3,(H,22,27). The van der Waals surface area contributed by atoms with Crippen LogP contribution in [0.2, 0.25) is 0 Å². The molecule has 0 fully saturated rings. The molecule has 1 aliphatic rings. The third kappa shape index (κ3) is 3.55. The molecule has 0 saturated carbocycles. The van der Waals surface area contributed by atoms with Crippen LogP contribution in [0.25, 0.3) is 5.69 Å². The van der Waals surface area contributed by atoms with Gasteiger partial charge >= 0.3 is 6.09 Å². The largest absolute Gasteiger partial charge is 0.418 e. The molecule has 0 aliphatic carbocycles. The summed E-state index contributed by atoms with van der Waals surface area (Å²) in [6.07, 6.45) is 0.0549. The number of anilines is 1. The van der Waals surface area contributed by atoms with Gasteiger partial charge in [-0.1, -0.05) is 36.4 Å². The van der Waals surface area contributed by atoms with Gasteiger partial charge in [-0.15, -0.1) is 0 Å². The van der Waals surface area contributed by atoms with Crippen LogP contribution < -0.4 is 10.1 Å². The van der Waals surface area contributed by atoms with Crippen molar-refractivity contribution < 1.29 is 9.53 Å². The lowest BCUT2D eigenvalue weighted by molar-refractivity contribution is 0.215. The van der Waals surface area contributed by atoms with E-state index in [1.165, 1.54) is 0 Å². The highest BCUT2D eigenvalue weighted by molar-refractivity contribution is 6.14. The van der Waals surface area contributed by atoms with Gasteiger partial charge in [0.2, 0.25) is 0 Å². The minimum absolute atomic E-state index is 0.466. The van der Waals surface area contributed by atoms with Gasteiger partial charge in [0.05, 0.1) is 11.4 Å². The Bertz CT molecular complexity index is 1070. The molecule has 7 nitrogen and oxygen atoms in total. The number of benzene rings is 2. The fourth-order valence-electron chi connectivity index (χ4n) is 2.98. The Morgan fingerprint density at radius 3 is 2.32 bits per heavy atom. The fourth-order valence-corrected chi connectivity index (χ4v) is 2.98. The van der Waals surface area contributed by atoms with Crippen molar-refractivity contribution in [1.82, 2.24) is 9.78 Å². The van der Waals surface area contributed by atoms with Crippen molar-refractivity contribution in [2.45, 2.75) is 20.3 Å². The van der Waals surface area contributed by atoms with Gasteiger partial charge in [-0.2, -0.15) is 15.3 Å². The molecule has 2 aromatic carbocycles. The van der Waals surface area contributed by atoms with Crippen LogP contribution in [0.1, 0.15) is 24.6 Å². The Morgan fingerprint density at radius 2 is 1.68 bits per heavy atom. The minimum Gasteiger partial charge on any atom is -0.410 e. The van der Waals surface area contributed by atoms with E-state index >= 15 is 0 Å². The molecule has 1 N–H and O–H groups in total. The summed E-state index contributed by atoms with van der Waals surface area (Å²) in [5.41, 5.74) is 4.05. The summed E-state index contributed by atoms with van der Waals surface area (Å²) in [6.45, 7) is 3.83. The summed E-state index contributed by atoms with van der Waals surface area (Å²) in [5, 5.41) is 15.9. The zero-order chi connectivity index (χ0) is 19.5. The molecule has 0 spiro atoms. The first-order valence-electron chi connectivity index (χ1n) is 8.91. The van der Waals surface area contributed by atoms with Gasteiger partial charge < -0.3 is 4.74 Å². The predicted molar refractivity (Wildman–Crippen MR) is 109 cm³/mol. The SMILES string of the molecule is CC1=NN=C(c2nn(-c3ccccc3)c(NC(=O)Oc3ccccc3)c2C)C1. The number of carbonyl (C=O) groups excluding carboxylic acids is 1. The minimum atomic E-state index is -0.585. The fraction of sp³-hybridized carbons (Fsp3) is 0.143. The van der Waals surface area contributed by atoms with E-state index in [1.54, 1.807) is 28.9 Å².